The minimum Gasteiger partial charge on any atom is -0.618 e. The highest BCUT2D eigenvalue weighted by molar-refractivity contribution is 5.87. The van der Waals surface area contributed by atoms with E-state index in [1.165, 1.54) is 22.5 Å². The van der Waals surface area contributed by atoms with Gasteiger partial charge in [0.2, 0.25) is 5.69 Å². The lowest BCUT2D eigenvalue weighted by Crippen LogP contribution is -2.38. The topological polar surface area (TPSA) is 39.4 Å². The zero-order valence-corrected chi connectivity index (χ0v) is 12.1. The van der Waals surface area contributed by atoms with E-state index in [-0.39, 0.29) is 0 Å². The van der Waals surface area contributed by atoms with E-state index in [4.69, 9.17) is 4.74 Å². The molecule has 3 aromatic rings. The first-order valence-electron chi connectivity index (χ1n) is 7.34. The minimum absolute atomic E-state index is 0.500. The van der Waals surface area contributed by atoms with Gasteiger partial charge in [-0.05, 0) is 22.9 Å². The molecule has 0 amide bonds. The summed E-state index contributed by atoms with van der Waals surface area (Å²) in [4.78, 5) is 2.14. The number of hydrogen-bond donors (Lipinski definition) is 0. The SMILES string of the molecule is [O-][n+]1ccccc1CN1COc2ccc3ccccc3c2C1. The molecule has 4 heteroatoms. The fourth-order valence-electron chi connectivity index (χ4n) is 2.96. The van der Waals surface area contributed by atoms with Crippen LogP contribution in [-0.4, -0.2) is 11.6 Å². The molecule has 0 fully saturated rings. The maximum atomic E-state index is 11.8. The average Bonchev–Trinajstić information content (AvgIpc) is 2.57. The summed E-state index contributed by atoms with van der Waals surface area (Å²) >= 11 is 0. The van der Waals surface area contributed by atoms with Crippen LogP contribution >= 0.6 is 0 Å². The smallest absolute Gasteiger partial charge is 0.206 e. The number of ether oxygens (including phenoxy) is 1. The molecule has 1 aliphatic heterocycles. The van der Waals surface area contributed by atoms with Crippen LogP contribution in [0.15, 0.2) is 60.8 Å². The normalized spacial score (nSPS) is 14.5. The standard InChI is InChI=1S/C18H16N2O2/c21-20-10-4-3-6-15(20)11-19-12-17-16-7-2-1-5-14(16)8-9-18(17)22-13-19/h1-10H,11-13H2. The molecule has 0 spiro atoms. The van der Waals surface area contributed by atoms with Crippen LogP contribution in [0, 0.1) is 5.21 Å². The van der Waals surface area contributed by atoms with E-state index in [1.807, 2.05) is 30.3 Å². The number of benzene rings is 2. The van der Waals surface area contributed by atoms with Crippen LogP contribution in [0.4, 0.5) is 0 Å². The Morgan fingerprint density at radius 2 is 1.91 bits per heavy atom. The summed E-state index contributed by atoms with van der Waals surface area (Å²) in [5, 5.41) is 14.2. The van der Waals surface area contributed by atoms with Crippen molar-refractivity contribution in [3.63, 3.8) is 0 Å². The molecular formula is C18H16N2O2. The number of aromatic nitrogens is 1. The van der Waals surface area contributed by atoms with Crippen LogP contribution in [-0.2, 0) is 13.1 Å². The van der Waals surface area contributed by atoms with Crippen LogP contribution in [0.25, 0.3) is 10.8 Å². The van der Waals surface area contributed by atoms with Gasteiger partial charge in [-0.3, -0.25) is 4.90 Å². The third kappa shape index (κ3) is 2.27. The third-order valence-electron chi connectivity index (χ3n) is 4.07. The second-order valence-electron chi connectivity index (χ2n) is 5.54. The molecule has 0 saturated heterocycles. The van der Waals surface area contributed by atoms with E-state index in [9.17, 15) is 5.21 Å². The number of pyridine rings is 1. The van der Waals surface area contributed by atoms with Gasteiger partial charge in [0, 0.05) is 24.2 Å². The number of fused-ring (bicyclic) bond motifs is 3. The molecule has 1 aliphatic rings. The highest BCUT2D eigenvalue weighted by Crippen LogP contribution is 2.32. The Hall–Kier alpha value is -2.59. The van der Waals surface area contributed by atoms with Gasteiger partial charge < -0.3 is 9.94 Å². The van der Waals surface area contributed by atoms with Gasteiger partial charge in [0.15, 0.2) is 6.20 Å². The Morgan fingerprint density at radius 3 is 2.82 bits per heavy atom. The van der Waals surface area contributed by atoms with Crippen molar-refractivity contribution in [1.29, 1.82) is 0 Å². The van der Waals surface area contributed by atoms with Crippen molar-refractivity contribution in [2.24, 2.45) is 0 Å². The molecule has 110 valence electrons. The maximum absolute atomic E-state index is 11.8. The van der Waals surface area contributed by atoms with Crippen LogP contribution < -0.4 is 9.47 Å². The van der Waals surface area contributed by atoms with Gasteiger partial charge in [-0.1, -0.05) is 30.3 Å². The van der Waals surface area contributed by atoms with Crippen molar-refractivity contribution in [2.75, 3.05) is 6.73 Å². The molecule has 0 saturated carbocycles. The first-order chi connectivity index (χ1) is 10.8. The number of nitrogens with zero attached hydrogens (tertiary/aromatic N) is 2. The Bertz CT molecular complexity index is 832. The van der Waals surface area contributed by atoms with Crippen LogP contribution in [0.2, 0.25) is 0 Å². The fourth-order valence-corrected chi connectivity index (χ4v) is 2.96. The van der Waals surface area contributed by atoms with Gasteiger partial charge in [-0.2, -0.15) is 4.73 Å². The summed E-state index contributed by atoms with van der Waals surface area (Å²) in [7, 11) is 0. The van der Waals surface area contributed by atoms with Crippen molar-refractivity contribution < 1.29 is 9.47 Å². The molecule has 4 nitrogen and oxygen atoms in total. The van der Waals surface area contributed by atoms with Gasteiger partial charge in [-0.15, -0.1) is 0 Å². The Labute approximate surface area is 128 Å². The zero-order chi connectivity index (χ0) is 14.9. The molecular weight excluding hydrogens is 276 g/mol. The lowest BCUT2D eigenvalue weighted by atomic mass is 10.0. The summed E-state index contributed by atoms with van der Waals surface area (Å²) in [5.41, 5.74) is 1.92. The first kappa shape index (κ1) is 13.1. The average molecular weight is 292 g/mol. The van der Waals surface area contributed by atoms with Gasteiger partial charge >= 0.3 is 0 Å². The quantitative estimate of drug-likeness (QED) is 0.538. The zero-order valence-electron chi connectivity index (χ0n) is 12.1. The minimum atomic E-state index is 0.500. The number of rotatable bonds is 2. The lowest BCUT2D eigenvalue weighted by molar-refractivity contribution is -0.615. The van der Waals surface area contributed by atoms with Gasteiger partial charge in [-0.25, -0.2) is 0 Å². The molecule has 22 heavy (non-hydrogen) atoms. The second kappa shape index (κ2) is 5.31. The molecule has 0 N–H and O–H groups in total. The highest BCUT2D eigenvalue weighted by atomic mass is 16.5. The predicted octanol–water partition coefficient (Wildman–Crippen LogP) is 2.83. The van der Waals surface area contributed by atoms with Gasteiger partial charge in [0.05, 0.1) is 6.54 Å². The van der Waals surface area contributed by atoms with Crippen LogP contribution in [0.1, 0.15) is 11.3 Å². The summed E-state index contributed by atoms with van der Waals surface area (Å²) in [6.45, 7) is 1.86. The van der Waals surface area contributed by atoms with E-state index in [1.54, 1.807) is 6.07 Å². The fraction of sp³-hybridized carbons (Fsp3) is 0.167. The summed E-state index contributed by atoms with van der Waals surface area (Å²) in [5.74, 6) is 0.943. The van der Waals surface area contributed by atoms with E-state index < -0.39 is 0 Å². The van der Waals surface area contributed by atoms with E-state index >= 15 is 0 Å². The lowest BCUT2D eigenvalue weighted by Gasteiger charge is -2.29. The van der Waals surface area contributed by atoms with E-state index in [2.05, 4.69) is 23.1 Å². The summed E-state index contributed by atoms with van der Waals surface area (Å²) < 4.78 is 6.79. The van der Waals surface area contributed by atoms with Crippen molar-refractivity contribution in [3.05, 3.63) is 77.3 Å². The Morgan fingerprint density at radius 1 is 1.05 bits per heavy atom. The summed E-state index contributed by atoms with van der Waals surface area (Å²) in [6, 6.07) is 17.9. The Balaban J connectivity index is 1.66. The first-order valence-corrected chi connectivity index (χ1v) is 7.34. The van der Waals surface area contributed by atoms with Crippen LogP contribution in [0.3, 0.4) is 0 Å². The molecule has 0 aliphatic carbocycles. The molecule has 1 aromatic heterocycles. The second-order valence-corrected chi connectivity index (χ2v) is 5.54. The van der Waals surface area contributed by atoms with Gasteiger partial charge in [0.1, 0.15) is 12.5 Å². The third-order valence-corrected chi connectivity index (χ3v) is 4.07. The Kier molecular flexibility index (Phi) is 3.16. The van der Waals surface area contributed by atoms with Gasteiger partial charge in [0.25, 0.3) is 0 Å². The molecule has 0 bridgehead atoms. The predicted molar refractivity (Wildman–Crippen MR) is 84.1 cm³/mol. The van der Waals surface area contributed by atoms with Crippen molar-refractivity contribution in [1.82, 2.24) is 4.90 Å². The molecule has 0 unspecified atom stereocenters. The number of hydrogen-bond acceptors (Lipinski definition) is 3. The highest BCUT2D eigenvalue weighted by Gasteiger charge is 2.21. The molecule has 0 atom stereocenters. The maximum Gasteiger partial charge on any atom is 0.206 e. The largest absolute Gasteiger partial charge is 0.618 e. The van der Waals surface area contributed by atoms with E-state index in [0.29, 0.717) is 13.3 Å². The molecule has 2 aromatic carbocycles. The van der Waals surface area contributed by atoms with Crippen LogP contribution in [0.5, 0.6) is 5.75 Å². The molecule has 2 heterocycles. The monoisotopic (exact) mass is 292 g/mol. The summed E-state index contributed by atoms with van der Waals surface area (Å²) in [6.07, 6.45) is 1.53. The van der Waals surface area contributed by atoms with Crippen molar-refractivity contribution in [3.8, 4) is 5.75 Å². The van der Waals surface area contributed by atoms with Crippen molar-refractivity contribution in [2.45, 2.75) is 13.1 Å². The molecule has 0 radical (unpaired) electrons. The van der Waals surface area contributed by atoms with Crippen molar-refractivity contribution >= 4 is 10.8 Å². The molecule has 4 rings (SSSR count). The van der Waals surface area contributed by atoms with E-state index in [0.717, 1.165) is 22.7 Å².